The van der Waals surface area contributed by atoms with Crippen molar-refractivity contribution in [1.29, 1.82) is 0 Å². The van der Waals surface area contributed by atoms with Crippen molar-refractivity contribution in [2.75, 3.05) is 13.1 Å². The number of nitrogens with zero attached hydrogens (tertiary/aromatic N) is 3. The minimum Gasteiger partial charge on any atom is -0.334 e. The van der Waals surface area contributed by atoms with Crippen LogP contribution in [0.5, 0.6) is 0 Å². The van der Waals surface area contributed by atoms with Gasteiger partial charge in [0.05, 0.1) is 11.3 Å². The SMILES string of the molecule is Cc1nn(C)cc1C(=O)N1CCc2cc(C(C)(C)C)cc([C@@H]3CCCN3)c2C1. The van der Waals surface area contributed by atoms with Crippen LogP contribution in [0.2, 0.25) is 0 Å². The summed E-state index contributed by atoms with van der Waals surface area (Å²) in [4.78, 5) is 15.2. The van der Waals surface area contributed by atoms with E-state index in [1.165, 1.54) is 35.1 Å². The lowest BCUT2D eigenvalue weighted by atomic mass is 9.80. The van der Waals surface area contributed by atoms with Gasteiger partial charge >= 0.3 is 0 Å². The van der Waals surface area contributed by atoms with Crippen LogP contribution in [0.1, 0.15) is 78.0 Å². The quantitative estimate of drug-likeness (QED) is 0.865. The van der Waals surface area contributed by atoms with Gasteiger partial charge in [-0.05, 0) is 60.4 Å². The third-order valence-corrected chi connectivity index (χ3v) is 6.21. The van der Waals surface area contributed by atoms with Crippen LogP contribution in [-0.2, 0) is 25.4 Å². The average molecular weight is 381 g/mol. The van der Waals surface area contributed by atoms with Gasteiger partial charge in [0.15, 0.2) is 0 Å². The number of fused-ring (bicyclic) bond motifs is 1. The summed E-state index contributed by atoms with van der Waals surface area (Å²) in [7, 11) is 1.87. The average Bonchev–Trinajstić information content (AvgIpc) is 3.28. The second-order valence-corrected chi connectivity index (χ2v) is 9.38. The zero-order valence-electron chi connectivity index (χ0n) is 17.8. The highest BCUT2D eigenvalue weighted by Crippen LogP contribution is 2.36. The fourth-order valence-corrected chi connectivity index (χ4v) is 4.54. The molecule has 1 fully saturated rings. The Morgan fingerprint density at radius 1 is 1.29 bits per heavy atom. The van der Waals surface area contributed by atoms with E-state index in [9.17, 15) is 4.79 Å². The first kappa shape index (κ1) is 19.2. The minimum atomic E-state index is 0.0986. The fourth-order valence-electron chi connectivity index (χ4n) is 4.54. The van der Waals surface area contributed by atoms with Crippen LogP contribution in [0.3, 0.4) is 0 Å². The topological polar surface area (TPSA) is 50.2 Å². The van der Waals surface area contributed by atoms with Crippen molar-refractivity contribution < 1.29 is 4.79 Å². The van der Waals surface area contributed by atoms with Crippen LogP contribution >= 0.6 is 0 Å². The zero-order chi connectivity index (χ0) is 20.1. The predicted octanol–water partition coefficient (Wildman–Crippen LogP) is 3.65. The Kier molecular flexibility index (Phi) is 4.82. The first-order valence-corrected chi connectivity index (χ1v) is 10.4. The minimum absolute atomic E-state index is 0.0986. The van der Waals surface area contributed by atoms with E-state index in [0.717, 1.165) is 30.8 Å². The number of hydrogen-bond donors (Lipinski definition) is 1. The summed E-state index contributed by atoms with van der Waals surface area (Å²) < 4.78 is 1.73. The van der Waals surface area contributed by atoms with Gasteiger partial charge in [-0.15, -0.1) is 0 Å². The molecule has 5 heteroatoms. The molecule has 0 radical (unpaired) electrons. The van der Waals surface area contributed by atoms with Crippen LogP contribution in [0, 0.1) is 6.92 Å². The molecule has 2 aliphatic rings. The number of amides is 1. The molecule has 150 valence electrons. The third kappa shape index (κ3) is 3.48. The number of aromatic nitrogens is 2. The first-order chi connectivity index (χ1) is 13.2. The van der Waals surface area contributed by atoms with Crippen molar-refractivity contribution in [3.05, 3.63) is 51.8 Å². The standard InChI is InChI=1S/C23H32N4O/c1-15-19(13-26(5)25-15)22(28)27-10-8-16-11-17(23(2,3)4)12-18(20(16)14-27)21-7-6-9-24-21/h11-13,21,24H,6-10,14H2,1-5H3/t21-/m0/s1. The molecule has 1 N–H and O–H groups in total. The molecule has 2 aliphatic heterocycles. The molecule has 0 saturated carbocycles. The van der Waals surface area contributed by atoms with Gasteiger partial charge in [0, 0.05) is 32.4 Å². The molecule has 28 heavy (non-hydrogen) atoms. The van der Waals surface area contributed by atoms with Gasteiger partial charge in [-0.1, -0.05) is 32.9 Å². The molecule has 1 aromatic heterocycles. The van der Waals surface area contributed by atoms with Gasteiger partial charge in [0.1, 0.15) is 0 Å². The molecule has 4 rings (SSSR count). The van der Waals surface area contributed by atoms with Gasteiger partial charge in [-0.25, -0.2) is 0 Å². The Bertz CT molecular complexity index is 900. The van der Waals surface area contributed by atoms with Crippen LogP contribution in [0.15, 0.2) is 18.3 Å². The van der Waals surface area contributed by atoms with E-state index < -0.39 is 0 Å². The molecule has 3 heterocycles. The number of aryl methyl sites for hydroxylation is 2. The highest BCUT2D eigenvalue weighted by atomic mass is 16.2. The zero-order valence-corrected chi connectivity index (χ0v) is 17.8. The van der Waals surface area contributed by atoms with Gasteiger partial charge in [-0.3, -0.25) is 9.48 Å². The number of carbonyl (C=O) groups excluding carboxylic acids is 1. The molecule has 1 saturated heterocycles. The summed E-state index contributed by atoms with van der Waals surface area (Å²) >= 11 is 0. The highest BCUT2D eigenvalue weighted by Gasteiger charge is 2.30. The lowest BCUT2D eigenvalue weighted by Crippen LogP contribution is -2.37. The lowest BCUT2D eigenvalue weighted by molar-refractivity contribution is 0.0733. The molecular formula is C23H32N4O. The predicted molar refractivity (Wildman–Crippen MR) is 112 cm³/mol. The van der Waals surface area contributed by atoms with Crippen LogP contribution in [0.25, 0.3) is 0 Å². The smallest absolute Gasteiger partial charge is 0.257 e. The van der Waals surface area contributed by atoms with Crippen molar-refractivity contribution in [1.82, 2.24) is 20.0 Å². The summed E-state index contributed by atoms with van der Waals surface area (Å²) in [6.07, 6.45) is 5.16. The van der Waals surface area contributed by atoms with Crippen LogP contribution < -0.4 is 5.32 Å². The normalized spacial score (nSPS) is 19.8. The maximum Gasteiger partial charge on any atom is 0.257 e. The molecule has 0 unspecified atom stereocenters. The second-order valence-electron chi connectivity index (χ2n) is 9.38. The van der Waals surface area contributed by atoms with E-state index in [0.29, 0.717) is 12.6 Å². The number of carbonyl (C=O) groups is 1. The van der Waals surface area contributed by atoms with Crippen LogP contribution in [0.4, 0.5) is 0 Å². The molecule has 1 atom stereocenters. The van der Waals surface area contributed by atoms with Gasteiger partial charge in [0.2, 0.25) is 0 Å². The molecule has 1 amide bonds. The number of rotatable bonds is 2. The second kappa shape index (κ2) is 7.03. The van der Waals surface area contributed by atoms with E-state index in [1.54, 1.807) is 4.68 Å². The summed E-state index contributed by atoms with van der Waals surface area (Å²) in [6.45, 7) is 11.3. The molecule has 0 bridgehead atoms. The van der Waals surface area contributed by atoms with E-state index in [1.807, 2.05) is 25.1 Å². The molecule has 5 nitrogen and oxygen atoms in total. The first-order valence-electron chi connectivity index (χ1n) is 10.4. The monoisotopic (exact) mass is 380 g/mol. The molecule has 2 aromatic rings. The Labute approximate surface area is 168 Å². The van der Waals surface area contributed by atoms with E-state index >= 15 is 0 Å². The van der Waals surface area contributed by atoms with Gasteiger partial charge in [0.25, 0.3) is 5.91 Å². The Balaban J connectivity index is 1.70. The van der Waals surface area contributed by atoms with Crippen molar-refractivity contribution in [2.45, 2.75) is 65.0 Å². The fraction of sp³-hybridized carbons (Fsp3) is 0.565. The van der Waals surface area contributed by atoms with Gasteiger partial charge < -0.3 is 10.2 Å². The number of benzene rings is 1. The highest BCUT2D eigenvalue weighted by molar-refractivity contribution is 5.95. The van der Waals surface area contributed by atoms with E-state index in [4.69, 9.17) is 0 Å². The lowest BCUT2D eigenvalue weighted by Gasteiger charge is -2.33. The molecule has 0 spiro atoms. The Morgan fingerprint density at radius 3 is 2.68 bits per heavy atom. The summed E-state index contributed by atoms with van der Waals surface area (Å²) in [6, 6.07) is 5.18. The summed E-state index contributed by atoms with van der Waals surface area (Å²) in [5.74, 6) is 0.0986. The molecule has 1 aromatic carbocycles. The summed E-state index contributed by atoms with van der Waals surface area (Å²) in [5.41, 5.74) is 7.23. The largest absolute Gasteiger partial charge is 0.334 e. The van der Waals surface area contributed by atoms with Crippen molar-refractivity contribution >= 4 is 5.91 Å². The van der Waals surface area contributed by atoms with Crippen molar-refractivity contribution in [3.63, 3.8) is 0 Å². The maximum absolute atomic E-state index is 13.2. The third-order valence-electron chi connectivity index (χ3n) is 6.21. The van der Waals surface area contributed by atoms with Crippen molar-refractivity contribution in [2.24, 2.45) is 7.05 Å². The van der Waals surface area contributed by atoms with Gasteiger partial charge in [-0.2, -0.15) is 5.10 Å². The van der Waals surface area contributed by atoms with Crippen LogP contribution in [-0.4, -0.2) is 33.7 Å². The Hall–Kier alpha value is -2.14. The van der Waals surface area contributed by atoms with E-state index in [2.05, 4.69) is 43.3 Å². The number of hydrogen-bond acceptors (Lipinski definition) is 3. The van der Waals surface area contributed by atoms with Crippen molar-refractivity contribution in [3.8, 4) is 0 Å². The number of nitrogens with one attached hydrogen (secondary N) is 1. The Morgan fingerprint density at radius 2 is 2.07 bits per heavy atom. The summed E-state index contributed by atoms with van der Waals surface area (Å²) in [5, 5.41) is 8.02. The van der Waals surface area contributed by atoms with E-state index in [-0.39, 0.29) is 11.3 Å². The molecule has 0 aliphatic carbocycles. The molecular weight excluding hydrogens is 348 g/mol. The maximum atomic E-state index is 13.2.